The van der Waals surface area contributed by atoms with Crippen molar-refractivity contribution in [2.75, 3.05) is 26.1 Å². The first-order valence-corrected chi connectivity index (χ1v) is 8.84. The molecule has 1 N–H and O–H groups in total. The van der Waals surface area contributed by atoms with Gasteiger partial charge in [0.2, 0.25) is 5.75 Å². The Kier molecular flexibility index (Phi) is 5.87. The van der Waals surface area contributed by atoms with Gasteiger partial charge >= 0.3 is 0 Å². The maximum atomic E-state index is 13.8. The van der Waals surface area contributed by atoms with E-state index < -0.39 is 5.91 Å². The van der Waals surface area contributed by atoms with Crippen LogP contribution in [0.25, 0.3) is 11.3 Å². The number of para-hydroxylation sites is 1. The summed E-state index contributed by atoms with van der Waals surface area (Å²) in [6.07, 6.45) is 0. The van der Waals surface area contributed by atoms with Crippen molar-refractivity contribution in [2.24, 2.45) is 0 Å². The number of hydrogen-bond acceptors (Lipinski definition) is 6. The Morgan fingerprint density at radius 2 is 1.81 bits per heavy atom. The summed E-state index contributed by atoms with van der Waals surface area (Å²) in [5, 5.41) is 4.67. The summed E-state index contributed by atoms with van der Waals surface area (Å²) in [7, 11) is 3.00. The van der Waals surface area contributed by atoms with E-state index in [0.717, 1.165) is 0 Å². The van der Waals surface area contributed by atoms with Crippen molar-refractivity contribution >= 4 is 22.4 Å². The zero-order chi connectivity index (χ0) is 19.2. The van der Waals surface area contributed by atoms with Crippen LogP contribution in [-0.2, 0) is 4.79 Å². The van der Waals surface area contributed by atoms with Gasteiger partial charge in [-0.3, -0.25) is 10.1 Å². The highest BCUT2D eigenvalue weighted by Gasteiger charge is 2.15. The molecular formula is C19H17FN2O4S. The second-order valence-electron chi connectivity index (χ2n) is 5.35. The molecule has 3 rings (SSSR count). The number of methoxy groups -OCH3 is 2. The van der Waals surface area contributed by atoms with Crippen LogP contribution in [0.4, 0.5) is 9.52 Å². The number of carbonyl (C=O) groups excluding carboxylic acids is 1. The summed E-state index contributed by atoms with van der Waals surface area (Å²) in [5.41, 5.74) is 0.838. The Bertz CT molecular complexity index is 923. The fourth-order valence-corrected chi connectivity index (χ4v) is 3.10. The molecule has 0 bridgehead atoms. The van der Waals surface area contributed by atoms with Crippen LogP contribution < -0.4 is 19.5 Å². The molecule has 140 valence electrons. The van der Waals surface area contributed by atoms with Crippen molar-refractivity contribution in [3.05, 3.63) is 53.7 Å². The van der Waals surface area contributed by atoms with E-state index in [1.807, 2.05) is 0 Å². The lowest BCUT2D eigenvalue weighted by Crippen LogP contribution is -2.20. The molecule has 0 atom stereocenters. The van der Waals surface area contributed by atoms with Gasteiger partial charge in [0, 0.05) is 10.9 Å². The standard InChI is InChI=1S/C19H17FN2O4S/c1-24-15-8-5-9-16(25-2)18(15)26-10-17(23)22-19-21-14(11-27-19)12-6-3-4-7-13(12)20/h3-9,11H,10H2,1-2H3,(H,21,22,23). The molecule has 1 heterocycles. The number of rotatable bonds is 7. The van der Waals surface area contributed by atoms with Crippen LogP contribution in [0.3, 0.4) is 0 Å². The number of ether oxygens (including phenoxy) is 3. The van der Waals surface area contributed by atoms with Gasteiger partial charge in [-0.1, -0.05) is 18.2 Å². The van der Waals surface area contributed by atoms with Crippen molar-refractivity contribution in [2.45, 2.75) is 0 Å². The number of thiazole rings is 1. The fraction of sp³-hybridized carbons (Fsp3) is 0.158. The van der Waals surface area contributed by atoms with E-state index in [2.05, 4.69) is 10.3 Å². The number of benzene rings is 2. The minimum Gasteiger partial charge on any atom is -0.493 e. The maximum Gasteiger partial charge on any atom is 0.264 e. The Morgan fingerprint density at radius 3 is 2.48 bits per heavy atom. The smallest absolute Gasteiger partial charge is 0.264 e. The SMILES string of the molecule is COc1cccc(OC)c1OCC(=O)Nc1nc(-c2ccccc2F)cs1. The Morgan fingerprint density at radius 1 is 1.11 bits per heavy atom. The second kappa shape index (κ2) is 8.50. The normalized spacial score (nSPS) is 10.3. The predicted molar refractivity (Wildman–Crippen MR) is 101 cm³/mol. The molecule has 0 saturated heterocycles. The molecule has 0 aliphatic heterocycles. The van der Waals surface area contributed by atoms with Gasteiger partial charge in [-0.2, -0.15) is 0 Å². The van der Waals surface area contributed by atoms with Crippen LogP contribution in [0.5, 0.6) is 17.2 Å². The summed E-state index contributed by atoms with van der Waals surface area (Å²) >= 11 is 1.20. The zero-order valence-corrected chi connectivity index (χ0v) is 15.5. The third kappa shape index (κ3) is 4.35. The van der Waals surface area contributed by atoms with Gasteiger partial charge in [0.1, 0.15) is 5.82 Å². The van der Waals surface area contributed by atoms with Crippen LogP contribution >= 0.6 is 11.3 Å². The van der Waals surface area contributed by atoms with E-state index in [4.69, 9.17) is 14.2 Å². The molecule has 1 aromatic heterocycles. The summed E-state index contributed by atoms with van der Waals surface area (Å²) in [6.45, 7) is -0.259. The van der Waals surface area contributed by atoms with Gasteiger partial charge in [0.15, 0.2) is 23.2 Å². The topological polar surface area (TPSA) is 69.7 Å². The highest BCUT2D eigenvalue weighted by atomic mass is 32.1. The zero-order valence-electron chi connectivity index (χ0n) is 14.7. The second-order valence-corrected chi connectivity index (χ2v) is 6.20. The van der Waals surface area contributed by atoms with Gasteiger partial charge in [-0.15, -0.1) is 11.3 Å². The van der Waals surface area contributed by atoms with Crippen molar-refractivity contribution in [1.29, 1.82) is 0 Å². The third-order valence-corrected chi connectivity index (χ3v) is 4.39. The van der Waals surface area contributed by atoms with E-state index in [1.54, 1.807) is 41.8 Å². The van der Waals surface area contributed by atoms with Crippen LogP contribution in [0.1, 0.15) is 0 Å². The largest absolute Gasteiger partial charge is 0.493 e. The van der Waals surface area contributed by atoms with Gasteiger partial charge in [-0.05, 0) is 24.3 Å². The van der Waals surface area contributed by atoms with Crippen LogP contribution in [0.2, 0.25) is 0 Å². The van der Waals surface area contributed by atoms with Crippen molar-refractivity contribution in [1.82, 2.24) is 4.98 Å². The highest BCUT2D eigenvalue weighted by molar-refractivity contribution is 7.14. The number of amides is 1. The van der Waals surface area contributed by atoms with E-state index in [1.165, 1.54) is 31.6 Å². The summed E-state index contributed by atoms with van der Waals surface area (Å²) in [6, 6.07) is 11.5. The minimum atomic E-state index is -0.405. The number of aromatic nitrogens is 1. The van der Waals surface area contributed by atoms with Crippen LogP contribution in [-0.4, -0.2) is 31.7 Å². The minimum absolute atomic E-state index is 0.259. The Balaban J connectivity index is 1.65. The predicted octanol–water partition coefficient (Wildman–Crippen LogP) is 3.98. The average molecular weight is 388 g/mol. The fourth-order valence-electron chi connectivity index (χ4n) is 2.38. The lowest BCUT2D eigenvalue weighted by Gasteiger charge is -2.13. The monoisotopic (exact) mass is 388 g/mol. The summed E-state index contributed by atoms with van der Waals surface area (Å²) in [4.78, 5) is 16.4. The van der Waals surface area contributed by atoms with E-state index in [9.17, 15) is 9.18 Å². The Hall–Kier alpha value is -3.13. The number of carbonyl (C=O) groups is 1. The molecule has 0 fully saturated rings. The Labute approximate surface area is 159 Å². The molecule has 1 amide bonds. The molecule has 0 aliphatic rings. The lowest BCUT2D eigenvalue weighted by atomic mass is 10.2. The summed E-state index contributed by atoms with van der Waals surface area (Å²) in [5.74, 6) is 0.477. The molecular weight excluding hydrogens is 371 g/mol. The van der Waals surface area contributed by atoms with Gasteiger partial charge in [-0.25, -0.2) is 9.37 Å². The molecule has 8 heteroatoms. The van der Waals surface area contributed by atoms with Crippen LogP contribution in [0, 0.1) is 5.82 Å². The summed E-state index contributed by atoms with van der Waals surface area (Å²) < 4.78 is 29.8. The average Bonchev–Trinajstić information content (AvgIpc) is 3.14. The number of halogens is 1. The first-order chi connectivity index (χ1) is 13.1. The maximum absolute atomic E-state index is 13.8. The van der Waals surface area contributed by atoms with E-state index in [-0.39, 0.29) is 12.4 Å². The van der Waals surface area contributed by atoms with Gasteiger partial charge in [0.25, 0.3) is 5.91 Å². The molecule has 6 nitrogen and oxygen atoms in total. The molecule has 0 radical (unpaired) electrons. The van der Waals surface area contributed by atoms with Gasteiger partial charge in [0.05, 0.1) is 19.9 Å². The first kappa shape index (κ1) is 18.7. The van der Waals surface area contributed by atoms with Crippen molar-refractivity contribution < 1.29 is 23.4 Å². The van der Waals surface area contributed by atoms with Crippen LogP contribution in [0.15, 0.2) is 47.8 Å². The van der Waals surface area contributed by atoms with Gasteiger partial charge < -0.3 is 14.2 Å². The molecule has 0 spiro atoms. The quantitative estimate of drug-likeness (QED) is 0.663. The molecule has 3 aromatic rings. The number of nitrogens with one attached hydrogen (secondary N) is 1. The molecule has 27 heavy (non-hydrogen) atoms. The molecule has 2 aromatic carbocycles. The van der Waals surface area contributed by atoms with E-state index >= 15 is 0 Å². The lowest BCUT2D eigenvalue weighted by molar-refractivity contribution is -0.118. The molecule has 0 aliphatic carbocycles. The highest BCUT2D eigenvalue weighted by Crippen LogP contribution is 2.36. The number of anilines is 1. The third-order valence-electron chi connectivity index (χ3n) is 3.63. The first-order valence-electron chi connectivity index (χ1n) is 7.96. The van der Waals surface area contributed by atoms with Crippen molar-refractivity contribution in [3.8, 4) is 28.5 Å². The number of nitrogens with zero attached hydrogens (tertiary/aromatic N) is 1. The molecule has 0 saturated carbocycles. The molecule has 0 unspecified atom stereocenters. The van der Waals surface area contributed by atoms with E-state index in [0.29, 0.717) is 33.6 Å². The number of hydrogen-bond donors (Lipinski definition) is 1. The van der Waals surface area contributed by atoms with Crippen molar-refractivity contribution in [3.63, 3.8) is 0 Å².